The van der Waals surface area contributed by atoms with E-state index in [1.165, 1.54) is 18.1 Å². The second-order valence-electron chi connectivity index (χ2n) is 6.43. The molecule has 1 unspecified atom stereocenters. The molecular formula is C17H19Cl2N3O3S. The molecule has 0 amide bonds. The summed E-state index contributed by atoms with van der Waals surface area (Å²) in [5, 5.41) is 16.7. The molecule has 1 fully saturated rings. The van der Waals surface area contributed by atoms with Gasteiger partial charge in [0.15, 0.2) is 0 Å². The lowest BCUT2D eigenvalue weighted by atomic mass is 9.79. The molecule has 1 aliphatic carbocycles. The first-order valence-corrected chi connectivity index (χ1v) is 9.33. The smallest absolute Gasteiger partial charge is 0.360 e. The predicted octanol–water partition coefficient (Wildman–Crippen LogP) is 3.83. The number of hydrogen-bond acceptors (Lipinski definition) is 6. The molecule has 0 bridgehead atoms. The van der Waals surface area contributed by atoms with Crippen LogP contribution in [0.2, 0.25) is 10.0 Å². The fourth-order valence-corrected chi connectivity index (χ4v) is 3.73. The monoisotopic (exact) mass is 415 g/mol. The molecule has 0 aliphatic heterocycles. The Labute approximate surface area is 167 Å². The first kappa shape index (κ1) is 19.4. The first-order valence-electron chi connectivity index (χ1n) is 8.16. The molecule has 6 nitrogen and oxygen atoms in total. The van der Waals surface area contributed by atoms with Gasteiger partial charge in [0, 0.05) is 27.8 Å². The van der Waals surface area contributed by atoms with Gasteiger partial charge in [0.1, 0.15) is 11.9 Å². The summed E-state index contributed by atoms with van der Waals surface area (Å²) in [6.45, 7) is 2.12. The molecule has 2 atom stereocenters. The molecule has 1 aromatic heterocycles. The maximum absolute atomic E-state index is 11.7. The van der Waals surface area contributed by atoms with Gasteiger partial charge in [0.2, 0.25) is 0 Å². The Bertz CT molecular complexity index is 812. The van der Waals surface area contributed by atoms with E-state index in [2.05, 4.69) is 10.1 Å². The summed E-state index contributed by atoms with van der Waals surface area (Å²) in [6.07, 6.45) is 3.48. The molecule has 0 spiro atoms. The van der Waals surface area contributed by atoms with Crippen LogP contribution in [-0.2, 0) is 16.9 Å². The van der Waals surface area contributed by atoms with Gasteiger partial charge in [-0.25, -0.2) is 4.68 Å². The Kier molecular flexibility index (Phi) is 5.72. The van der Waals surface area contributed by atoms with Crippen LogP contribution in [0.5, 0.6) is 6.01 Å². The van der Waals surface area contributed by atoms with E-state index in [1.54, 1.807) is 18.2 Å². The Morgan fingerprint density at radius 3 is 2.81 bits per heavy atom. The highest BCUT2D eigenvalue weighted by Crippen LogP contribution is 2.48. The van der Waals surface area contributed by atoms with Crippen molar-refractivity contribution in [3.8, 4) is 6.01 Å². The van der Waals surface area contributed by atoms with Crippen LogP contribution in [0.3, 0.4) is 0 Å². The van der Waals surface area contributed by atoms with E-state index in [-0.39, 0.29) is 23.7 Å². The molecule has 26 heavy (non-hydrogen) atoms. The van der Waals surface area contributed by atoms with E-state index >= 15 is 0 Å². The Morgan fingerprint density at radius 2 is 2.19 bits per heavy atom. The van der Waals surface area contributed by atoms with E-state index in [4.69, 9.17) is 44.9 Å². The van der Waals surface area contributed by atoms with Crippen LogP contribution >= 0.6 is 35.4 Å². The van der Waals surface area contributed by atoms with Gasteiger partial charge in [-0.2, -0.15) is 10.1 Å². The standard InChI is InChI=1S/C17H19Cl2N3O3S/c1-10(11-3-4-11)17(23,13-6-5-12(18)7-14(13)19)8-22-15(20-9-21-22)25-16(26)24-2/h5-7,9-11,23H,3-4,8H2,1-2H3/t10?,17-/m0/s1. The Balaban J connectivity index is 1.97. The average molecular weight is 416 g/mol. The van der Waals surface area contributed by atoms with E-state index in [9.17, 15) is 5.11 Å². The number of halogens is 2. The number of aromatic nitrogens is 3. The average Bonchev–Trinajstić information content (AvgIpc) is 3.36. The van der Waals surface area contributed by atoms with Crippen LogP contribution in [0.25, 0.3) is 0 Å². The first-order chi connectivity index (χ1) is 12.3. The number of aliphatic hydroxyl groups is 1. The Morgan fingerprint density at radius 1 is 1.46 bits per heavy atom. The normalized spacial score (nSPS) is 17.4. The van der Waals surface area contributed by atoms with Crippen molar-refractivity contribution >= 4 is 40.7 Å². The fraction of sp³-hybridized carbons (Fsp3) is 0.471. The van der Waals surface area contributed by atoms with Crippen molar-refractivity contribution in [3.63, 3.8) is 0 Å². The quantitative estimate of drug-likeness (QED) is 0.722. The predicted molar refractivity (Wildman–Crippen MR) is 103 cm³/mol. The summed E-state index contributed by atoms with van der Waals surface area (Å²) in [5.41, 5.74) is -0.678. The van der Waals surface area contributed by atoms with Crippen molar-refractivity contribution in [2.75, 3.05) is 7.11 Å². The topological polar surface area (TPSA) is 69.4 Å². The lowest BCUT2D eigenvalue weighted by molar-refractivity contribution is -0.0453. The second kappa shape index (κ2) is 7.68. The lowest BCUT2D eigenvalue weighted by Gasteiger charge is -2.35. The highest BCUT2D eigenvalue weighted by atomic mass is 35.5. The van der Waals surface area contributed by atoms with Crippen molar-refractivity contribution in [2.45, 2.75) is 31.9 Å². The number of thiocarbonyl (C=S) groups is 1. The van der Waals surface area contributed by atoms with Gasteiger partial charge in [-0.1, -0.05) is 36.2 Å². The van der Waals surface area contributed by atoms with E-state index < -0.39 is 5.60 Å². The number of benzene rings is 1. The molecule has 140 valence electrons. The molecule has 1 N–H and O–H groups in total. The third-order valence-electron chi connectivity index (χ3n) is 4.79. The molecule has 1 aliphatic rings. The van der Waals surface area contributed by atoms with Crippen LogP contribution < -0.4 is 4.74 Å². The summed E-state index contributed by atoms with van der Waals surface area (Å²) in [6, 6.07) is 5.23. The maximum Gasteiger partial charge on any atom is 0.360 e. The maximum atomic E-state index is 11.7. The highest BCUT2D eigenvalue weighted by Gasteiger charge is 2.46. The summed E-state index contributed by atoms with van der Waals surface area (Å²) in [4.78, 5) is 4.04. The minimum atomic E-state index is -1.27. The van der Waals surface area contributed by atoms with Crippen molar-refractivity contribution < 1.29 is 14.6 Å². The minimum Gasteiger partial charge on any atom is -0.460 e. The molecular weight excluding hydrogens is 397 g/mol. The second-order valence-corrected chi connectivity index (χ2v) is 7.61. The van der Waals surface area contributed by atoms with Gasteiger partial charge in [0.25, 0.3) is 0 Å². The summed E-state index contributed by atoms with van der Waals surface area (Å²) in [7, 11) is 1.40. The number of ether oxygens (including phenoxy) is 2. The number of hydrogen-bond donors (Lipinski definition) is 1. The van der Waals surface area contributed by atoms with Crippen LogP contribution in [-0.4, -0.2) is 32.2 Å². The molecule has 0 saturated heterocycles. The summed E-state index contributed by atoms with van der Waals surface area (Å²) in [5.74, 6) is 0.368. The molecule has 0 radical (unpaired) electrons. The van der Waals surface area contributed by atoms with Gasteiger partial charge in [-0.05, 0) is 36.8 Å². The van der Waals surface area contributed by atoms with Gasteiger partial charge >= 0.3 is 11.2 Å². The van der Waals surface area contributed by atoms with Crippen LogP contribution in [0, 0.1) is 11.8 Å². The molecule has 1 saturated carbocycles. The molecule has 1 aromatic carbocycles. The van der Waals surface area contributed by atoms with Gasteiger partial charge in [-0.3, -0.25) is 0 Å². The van der Waals surface area contributed by atoms with Gasteiger partial charge in [-0.15, -0.1) is 0 Å². The molecule has 2 aromatic rings. The van der Waals surface area contributed by atoms with Crippen LogP contribution in [0.4, 0.5) is 0 Å². The third kappa shape index (κ3) is 3.96. The van der Waals surface area contributed by atoms with Gasteiger partial charge in [0.05, 0.1) is 13.7 Å². The zero-order chi connectivity index (χ0) is 18.9. The molecule has 1 heterocycles. The summed E-state index contributed by atoms with van der Waals surface area (Å²) >= 11 is 17.3. The van der Waals surface area contributed by atoms with Crippen molar-refractivity contribution in [1.29, 1.82) is 0 Å². The van der Waals surface area contributed by atoms with E-state index in [0.29, 0.717) is 21.5 Å². The number of rotatable bonds is 6. The van der Waals surface area contributed by atoms with E-state index in [1.807, 2.05) is 6.92 Å². The van der Waals surface area contributed by atoms with E-state index in [0.717, 1.165) is 12.8 Å². The SMILES string of the molecule is COC(=S)Oc1ncnn1C[C@@](O)(c1ccc(Cl)cc1Cl)C(C)C1CC1. The third-order valence-corrected chi connectivity index (χ3v) is 5.59. The van der Waals surface area contributed by atoms with Crippen molar-refractivity contribution in [2.24, 2.45) is 11.8 Å². The largest absolute Gasteiger partial charge is 0.460 e. The molecule has 9 heteroatoms. The highest BCUT2D eigenvalue weighted by molar-refractivity contribution is 7.79. The fourth-order valence-electron chi connectivity index (χ4n) is 3.09. The lowest BCUT2D eigenvalue weighted by Crippen LogP contribution is -2.40. The van der Waals surface area contributed by atoms with Gasteiger partial charge < -0.3 is 14.6 Å². The Hall–Kier alpha value is -1.41. The number of nitrogens with zero attached hydrogens (tertiary/aromatic N) is 3. The van der Waals surface area contributed by atoms with Crippen molar-refractivity contribution in [1.82, 2.24) is 14.8 Å². The zero-order valence-electron chi connectivity index (χ0n) is 14.4. The zero-order valence-corrected chi connectivity index (χ0v) is 16.7. The molecule has 3 rings (SSSR count). The minimum absolute atomic E-state index is 0.0485. The van der Waals surface area contributed by atoms with Crippen LogP contribution in [0.1, 0.15) is 25.3 Å². The van der Waals surface area contributed by atoms with Crippen molar-refractivity contribution in [3.05, 3.63) is 40.1 Å². The van der Waals surface area contributed by atoms with Crippen LogP contribution in [0.15, 0.2) is 24.5 Å². The number of methoxy groups -OCH3 is 1. The summed E-state index contributed by atoms with van der Waals surface area (Å²) < 4.78 is 11.7.